The van der Waals surface area contributed by atoms with Gasteiger partial charge >= 0.3 is 11.8 Å². The molecule has 1 aromatic rings. The molecular weight excluding hydrogens is 280 g/mol. The van der Waals surface area contributed by atoms with E-state index in [1.807, 2.05) is 0 Å². The van der Waals surface area contributed by atoms with Gasteiger partial charge in [-0.1, -0.05) is 0 Å². The van der Waals surface area contributed by atoms with E-state index in [4.69, 9.17) is 15.2 Å². The molecule has 4 N–H and O–H groups in total. The minimum absolute atomic E-state index is 0.102. The number of alkyl carbamates (subject to hydrolysis) is 1. The van der Waals surface area contributed by atoms with Crippen LogP contribution in [-0.2, 0) is 9.47 Å². The monoisotopic (exact) mass is 298 g/mol. The maximum absolute atomic E-state index is 11.6. The number of aromatic amines is 1. The van der Waals surface area contributed by atoms with Crippen molar-refractivity contribution in [1.82, 2.24) is 14.9 Å². The van der Waals surface area contributed by atoms with Crippen LogP contribution in [0.4, 0.5) is 4.79 Å². The maximum atomic E-state index is 11.6. The number of carbonyl (C=O) groups is 1. The molecule has 2 rings (SSSR count). The highest BCUT2D eigenvalue weighted by molar-refractivity contribution is 5.67. The summed E-state index contributed by atoms with van der Waals surface area (Å²) in [5.74, 6) is 0. The maximum Gasteiger partial charge on any atom is 0.407 e. The predicted octanol–water partition coefficient (Wildman–Crippen LogP) is -1.10. The number of nitrogens with two attached hydrogens (primary N) is 1. The molecule has 0 saturated carbocycles. The van der Waals surface area contributed by atoms with Crippen molar-refractivity contribution in [1.29, 1.82) is 0 Å². The Balaban J connectivity index is 1.85. The number of nitrogens with one attached hydrogen (secondary N) is 2. The third-order valence-electron chi connectivity index (χ3n) is 3.06. The van der Waals surface area contributed by atoms with Crippen LogP contribution < -0.4 is 22.3 Å². The Morgan fingerprint density at radius 3 is 3.05 bits per heavy atom. The molecule has 9 heteroatoms. The first kappa shape index (κ1) is 15.3. The molecule has 0 unspecified atom stereocenters. The van der Waals surface area contributed by atoms with Crippen molar-refractivity contribution in [2.75, 3.05) is 19.7 Å². The lowest BCUT2D eigenvalue weighted by Gasteiger charge is -2.15. The van der Waals surface area contributed by atoms with Gasteiger partial charge in [-0.3, -0.25) is 14.3 Å². The molecule has 1 fully saturated rings. The van der Waals surface area contributed by atoms with Crippen LogP contribution in [0.15, 0.2) is 21.9 Å². The highest BCUT2D eigenvalue weighted by atomic mass is 16.6. The Morgan fingerprint density at radius 2 is 2.33 bits per heavy atom. The quantitative estimate of drug-likeness (QED) is 0.633. The summed E-state index contributed by atoms with van der Waals surface area (Å²) in [5.41, 5.74) is 4.28. The van der Waals surface area contributed by atoms with E-state index >= 15 is 0 Å². The molecule has 0 aromatic carbocycles. The highest BCUT2D eigenvalue weighted by Crippen LogP contribution is 2.26. The summed E-state index contributed by atoms with van der Waals surface area (Å²) < 4.78 is 11.9. The predicted molar refractivity (Wildman–Crippen MR) is 72.9 cm³/mol. The Labute approximate surface area is 120 Å². The van der Waals surface area contributed by atoms with E-state index < -0.39 is 23.6 Å². The van der Waals surface area contributed by atoms with Crippen LogP contribution in [0.3, 0.4) is 0 Å². The summed E-state index contributed by atoms with van der Waals surface area (Å²) in [6.07, 6.45) is 1.36. The van der Waals surface area contributed by atoms with Gasteiger partial charge in [0.15, 0.2) is 0 Å². The molecule has 0 aliphatic carbocycles. The SMILES string of the molecule is NCCNC(=O)OC[C@@H]1CC[C@H](n2ccc(=O)[nH]c2=O)O1. The zero-order valence-electron chi connectivity index (χ0n) is 11.4. The molecule has 1 aliphatic rings. The van der Waals surface area contributed by atoms with E-state index in [9.17, 15) is 14.4 Å². The summed E-state index contributed by atoms with van der Waals surface area (Å²) in [7, 11) is 0. The Kier molecular flexibility index (Phi) is 5.12. The molecule has 116 valence electrons. The zero-order valence-corrected chi connectivity index (χ0v) is 11.4. The van der Waals surface area contributed by atoms with Crippen molar-refractivity contribution in [2.45, 2.75) is 25.2 Å². The van der Waals surface area contributed by atoms with Gasteiger partial charge in [-0.2, -0.15) is 0 Å². The Hall–Kier alpha value is -2.13. The molecule has 2 atom stereocenters. The van der Waals surface area contributed by atoms with Crippen molar-refractivity contribution in [3.63, 3.8) is 0 Å². The van der Waals surface area contributed by atoms with Crippen molar-refractivity contribution in [3.8, 4) is 0 Å². The minimum Gasteiger partial charge on any atom is -0.447 e. The van der Waals surface area contributed by atoms with E-state index in [0.717, 1.165) is 0 Å². The smallest absolute Gasteiger partial charge is 0.407 e. The van der Waals surface area contributed by atoms with Crippen LogP contribution >= 0.6 is 0 Å². The number of rotatable bonds is 5. The minimum atomic E-state index is -0.547. The first-order valence-corrected chi connectivity index (χ1v) is 6.68. The third kappa shape index (κ3) is 4.17. The van der Waals surface area contributed by atoms with E-state index in [1.54, 1.807) is 0 Å². The second kappa shape index (κ2) is 7.04. The van der Waals surface area contributed by atoms with Gasteiger partial charge in [0.2, 0.25) is 0 Å². The van der Waals surface area contributed by atoms with Crippen LogP contribution in [0.1, 0.15) is 19.1 Å². The van der Waals surface area contributed by atoms with Gasteiger partial charge in [0.1, 0.15) is 12.8 Å². The van der Waals surface area contributed by atoms with Crippen LogP contribution in [0.25, 0.3) is 0 Å². The lowest BCUT2D eigenvalue weighted by atomic mass is 10.2. The molecule has 1 aromatic heterocycles. The molecule has 9 nitrogen and oxygen atoms in total. The number of hydrogen-bond acceptors (Lipinski definition) is 6. The van der Waals surface area contributed by atoms with Gasteiger partial charge < -0.3 is 20.5 Å². The Morgan fingerprint density at radius 1 is 1.52 bits per heavy atom. The molecule has 2 heterocycles. The average molecular weight is 298 g/mol. The number of aromatic nitrogens is 2. The van der Waals surface area contributed by atoms with E-state index in [-0.39, 0.29) is 12.7 Å². The Bertz CT molecular complexity index is 596. The number of carbonyl (C=O) groups excluding carboxylic acids is 1. The second-order valence-electron chi connectivity index (χ2n) is 4.62. The molecule has 1 amide bonds. The van der Waals surface area contributed by atoms with E-state index in [2.05, 4.69) is 10.3 Å². The number of nitrogens with zero attached hydrogens (tertiary/aromatic N) is 1. The van der Waals surface area contributed by atoms with Crippen molar-refractivity contribution in [3.05, 3.63) is 33.1 Å². The molecule has 21 heavy (non-hydrogen) atoms. The van der Waals surface area contributed by atoms with Crippen molar-refractivity contribution >= 4 is 6.09 Å². The molecular formula is C12H18N4O5. The number of H-pyrrole nitrogens is 1. The van der Waals surface area contributed by atoms with Gasteiger partial charge in [0.25, 0.3) is 5.56 Å². The van der Waals surface area contributed by atoms with Crippen LogP contribution in [0.2, 0.25) is 0 Å². The van der Waals surface area contributed by atoms with Crippen molar-refractivity contribution < 1.29 is 14.3 Å². The summed E-state index contributed by atoms with van der Waals surface area (Å²) in [4.78, 5) is 36.1. The summed E-state index contributed by atoms with van der Waals surface area (Å²) in [6, 6.07) is 1.26. The van der Waals surface area contributed by atoms with Crippen LogP contribution in [0, 0.1) is 0 Å². The van der Waals surface area contributed by atoms with Gasteiger partial charge in [-0.25, -0.2) is 9.59 Å². The van der Waals surface area contributed by atoms with E-state index in [1.165, 1.54) is 16.8 Å². The normalized spacial score (nSPS) is 21.2. The molecule has 0 spiro atoms. The topological polar surface area (TPSA) is 128 Å². The van der Waals surface area contributed by atoms with Gasteiger partial charge in [-0.15, -0.1) is 0 Å². The molecule has 0 radical (unpaired) electrons. The first-order chi connectivity index (χ1) is 10.1. The fraction of sp³-hybridized carbons (Fsp3) is 0.583. The third-order valence-corrected chi connectivity index (χ3v) is 3.06. The number of hydrogen-bond donors (Lipinski definition) is 3. The lowest BCUT2D eigenvalue weighted by Crippen LogP contribution is -2.33. The summed E-state index contributed by atoms with van der Waals surface area (Å²) in [5, 5.41) is 2.48. The second-order valence-corrected chi connectivity index (χ2v) is 4.62. The molecule has 0 bridgehead atoms. The standard InChI is InChI=1S/C12H18N4O5/c13-4-5-14-12(19)20-7-8-1-2-10(21-8)16-6-3-9(17)15-11(16)18/h3,6,8,10H,1-2,4-5,7,13H2,(H,14,19)(H,15,17,18)/t8-,10+/m0/s1. The zero-order chi connectivity index (χ0) is 15.2. The number of amides is 1. The van der Waals surface area contributed by atoms with Gasteiger partial charge in [0, 0.05) is 25.4 Å². The number of ether oxygens (including phenoxy) is 2. The highest BCUT2D eigenvalue weighted by Gasteiger charge is 2.28. The fourth-order valence-electron chi connectivity index (χ4n) is 2.06. The lowest BCUT2D eigenvalue weighted by molar-refractivity contribution is -0.0282. The molecule has 1 aliphatic heterocycles. The van der Waals surface area contributed by atoms with Gasteiger partial charge in [-0.05, 0) is 12.8 Å². The largest absolute Gasteiger partial charge is 0.447 e. The van der Waals surface area contributed by atoms with Crippen molar-refractivity contribution in [2.24, 2.45) is 5.73 Å². The first-order valence-electron chi connectivity index (χ1n) is 6.68. The van der Waals surface area contributed by atoms with E-state index in [0.29, 0.717) is 25.9 Å². The van der Waals surface area contributed by atoms with Gasteiger partial charge in [0.05, 0.1) is 6.10 Å². The molecule has 1 saturated heterocycles. The average Bonchev–Trinajstić information content (AvgIpc) is 2.91. The van der Waals surface area contributed by atoms with Crippen LogP contribution in [-0.4, -0.2) is 41.4 Å². The van der Waals surface area contributed by atoms with Crippen LogP contribution in [0.5, 0.6) is 0 Å². The summed E-state index contributed by atoms with van der Waals surface area (Å²) in [6.45, 7) is 0.789. The fourth-order valence-corrected chi connectivity index (χ4v) is 2.06. The summed E-state index contributed by atoms with van der Waals surface area (Å²) >= 11 is 0.